The molecule has 0 unspecified atom stereocenters. The van der Waals surface area contributed by atoms with Gasteiger partial charge in [0.15, 0.2) is 6.04 Å². The third kappa shape index (κ3) is 2.77. The number of aryl methyl sites for hydroxylation is 4. The minimum atomic E-state index is -1.17. The number of para-hydroxylation sites is 1. The molecular formula is C18H20N4O3. The highest BCUT2D eigenvalue weighted by molar-refractivity contribution is 6.07. The third-order valence-electron chi connectivity index (χ3n) is 4.58. The number of carbonyl (C=O) groups is 2. The van der Waals surface area contributed by atoms with Crippen LogP contribution in [0.2, 0.25) is 0 Å². The average Bonchev–Trinajstić information content (AvgIpc) is 3.04. The predicted octanol–water partition coefficient (Wildman–Crippen LogP) is 2.68. The molecule has 0 aliphatic rings. The second-order valence-corrected chi connectivity index (χ2v) is 6.20. The van der Waals surface area contributed by atoms with E-state index in [2.05, 4.69) is 20.5 Å². The molecule has 1 amide bonds. The summed E-state index contributed by atoms with van der Waals surface area (Å²) in [6, 6.07) is 4.24. The molecule has 3 rings (SSSR count). The van der Waals surface area contributed by atoms with E-state index in [4.69, 9.17) is 0 Å². The smallest absolute Gasteiger partial charge is 0.331 e. The average molecular weight is 340 g/mol. The number of hydrogen-bond acceptors (Lipinski definition) is 3. The van der Waals surface area contributed by atoms with Crippen LogP contribution in [0.3, 0.4) is 0 Å². The zero-order valence-electron chi connectivity index (χ0n) is 14.5. The van der Waals surface area contributed by atoms with Gasteiger partial charge in [-0.2, -0.15) is 5.10 Å². The van der Waals surface area contributed by atoms with Crippen LogP contribution in [0.1, 0.15) is 44.6 Å². The molecule has 0 radical (unpaired) electrons. The SMILES string of the molecule is Cc1n[nH]c(C)c1[C@@H](NC(=O)c1cccc2c(C)c(C)[nH]c12)C(=O)O. The molecule has 25 heavy (non-hydrogen) atoms. The first-order valence-corrected chi connectivity index (χ1v) is 7.94. The van der Waals surface area contributed by atoms with Crippen LogP contribution in [-0.2, 0) is 4.79 Å². The number of aromatic amines is 2. The summed E-state index contributed by atoms with van der Waals surface area (Å²) in [5.41, 5.74) is 4.82. The van der Waals surface area contributed by atoms with Crippen LogP contribution in [0.25, 0.3) is 10.9 Å². The maximum Gasteiger partial charge on any atom is 0.331 e. The first kappa shape index (κ1) is 16.8. The minimum Gasteiger partial charge on any atom is -0.479 e. The first-order chi connectivity index (χ1) is 11.8. The Bertz CT molecular complexity index is 964. The number of aromatic nitrogens is 3. The Morgan fingerprint density at radius 2 is 1.88 bits per heavy atom. The van der Waals surface area contributed by atoms with E-state index >= 15 is 0 Å². The Hall–Kier alpha value is -3.09. The lowest BCUT2D eigenvalue weighted by molar-refractivity contribution is -0.139. The number of amides is 1. The fourth-order valence-electron chi connectivity index (χ4n) is 3.12. The standard InChI is InChI=1S/C18H20N4O3/c1-8-9(2)19-15-12(8)6-5-7-13(15)17(23)20-16(18(24)25)14-10(3)21-22-11(14)4/h5-7,16,19H,1-4H3,(H,20,23)(H,21,22)(H,24,25)/t16-/m1/s1. The molecule has 0 bridgehead atoms. The summed E-state index contributed by atoms with van der Waals surface area (Å²) in [5, 5.41) is 19.9. The number of carboxylic acids is 1. The molecular weight excluding hydrogens is 320 g/mol. The van der Waals surface area contributed by atoms with E-state index in [1.807, 2.05) is 19.9 Å². The highest BCUT2D eigenvalue weighted by Crippen LogP contribution is 2.25. The van der Waals surface area contributed by atoms with Crippen LogP contribution in [-0.4, -0.2) is 32.2 Å². The van der Waals surface area contributed by atoms with Gasteiger partial charge in [-0.15, -0.1) is 0 Å². The summed E-state index contributed by atoms with van der Waals surface area (Å²) in [4.78, 5) is 27.7. The summed E-state index contributed by atoms with van der Waals surface area (Å²) >= 11 is 0. The van der Waals surface area contributed by atoms with Gasteiger partial charge < -0.3 is 15.4 Å². The zero-order valence-corrected chi connectivity index (χ0v) is 14.5. The van der Waals surface area contributed by atoms with Crippen molar-refractivity contribution in [1.82, 2.24) is 20.5 Å². The van der Waals surface area contributed by atoms with E-state index in [0.29, 0.717) is 28.0 Å². The van der Waals surface area contributed by atoms with Crippen LogP contribution in [0.4, 0.5) is 0 Å². The molecule has 0 aliphatic carbocycles. The van der Waals surface area contributed by atoms with Crippen molar-refractivity contribution in [2.75, 3.05) is 0 Å². The molecule has 4 N–H and O–H groups in total. The van der Waals surface area contributed by atoms with Gasteiger partial charge in [-0.05, 0) is 39.3 Å². The normalized spacial score (nSPS) is 12.3. The van der Waals surface area contributed by atoms with Crippen molar-refractivity contribution in [3.8, 4) is 0 Å². The Labute approximate surface area is 144 Å². The maximum absolute atomic E-state index is 12.8. The van der Waals surface area contributed by atoms with E-state index in [9.17, 15) is 14.7 Å². The third-order valence-corrected chi connectivity index (χ3v) is 4.58. The summed E-state index contributed by atoms with van der Waals surface area (Å²) < 4.78 is 0. The molecule has 1 atom stereocenters. The van der Waals surface area contributed by atoms with E-state index < -0.39 is 17.9 Å². The molecule has 1 aromatic carbocycles. The van der Waals surface area contributed by atoms with Crippen molar-refractivity contribution in [3.63, 3.8) is 0 Å². The minimum absolute atomic E-state index is 0.416. The molecule has 0 saturated heterocycles. The summed E-state index contributed by atoms with van der Waals surface area (Å²) in [6.07, 6.45) is 0. The van der Waals surface area contributed by atoms with Gasteiger partial charge in [-0.3, -0.25) is 9.89 Å². The molecule has 0 saturated carbocycles. The number of benzene rings is 1. The second-order valence-electron chi connectivity index (χ2n) is 6.20. The fraction of sp³-hybridized carbons (Fsp3) is 0.278. The van der Waals surface area contributed by atoms with Crippen LogP contribution in [0, 0.1) is 27.7 Å². The van der Waals surface area contributed by atoms with E-state index in [1.165, 1.54) is 0 Å². The number of nitrogens with zero attached hydrogens (tertiary/aromatic N) is 1. The lowest BCUT2D eigenvalue weighted by Gasteiger charge is -2.15. The van der Waals surface area contributed by atoms with Gasteiger partial charge in [0.25, 0.3) is 5.91 Å². The van der Waals surface area contributed by atoms with E-state index in [-0.39, 0.29) is 0 Å². The molecule has 2 heterocycles. The molecule has 7 heteroatoms. The molecule has 0 fully saturated rings. The summed E-state index contributed by atoms with van der Waals surface area (Å²) in [5.74, 6) is -1.58. The Kier molecular flexibility index (Phi) is 4.08. The van der Waals surface area contributed by atoms with Crippen LogP contribution in [0.15, 0.2) is 18.2 Å². The molecule has 0 aliphatic heterocycles. The predicted molar refractivity (Wildman–Crippen MR) is 93.7 cm³/mol. The van der Waals surface area contributed by atoms with E-state index in [1.54, 1.807) is 26.0 Å². The van der Waals surface area contributed by atoms with Crippen molar-refractivity contribution in [3.05, 3.63) is 52.0 Å². The van der Waals surface area contributed by atoms with Crippen molar-refractivity contribution in [1.29, 1.82) is 0 Å². The van der Waals surface area contributed by atoms with Crippen molar-refractivity contribution >= 4 is 22.8 Å². The summed E-state index contributed by atoms with van der Waals surface area (Å²) in [7, 11) is 0. The van der Waals surface area contributed by atoms with E-state index in [0.717, 1.165) is 16.6 Å². The van der Waals surface area contributed by atoms with Gasteiger partial charge in [0, 0.05) is 22.3 Å². The highest BCUT2D eigenvalue weighted by atomic mass is 16.4. The quantitative estimate of drug-likeness (QED) is 0.585. The van der Waals surface area contributed by atoms with Gasteiger partial charge in [0.1, 0.15) is 0 Å². The lowest BCUT2D eigenvalue weighted by Crippen LogP contribution is -2.34. The van der Waals surface area contributed by atoms with Gasteiger partial charge in [0.2, 0.25) is 0 Å². The lowest BCUT2D eigenvalue weighted by atomic mass is 10.0. The number of rotatable bonds is 4. The molecule has 0 spiro atoms. The van der Waals surface area contributed by atoms with Crippen molar-refractivity contribution < 1.29 is 14.7 Å². The number of hydrogen-bond donors (Lipinski definition) is 4. The fourth-order valence-corrected chi connectivity index (χ4v) is 3.12. The zero-order chi connectivity index (χ0) is 18.3. The first-order valence-electron chi connectivity index (χ1n) is 7.94. The van der Waals surface area contributed by atoms with Crippen LogP contribution >= 0.6 is 0 Å². The van der Waals surface area contributed by atoms with Gasteiger partial charge in [0.05, 0.1) is 16.8 Å². The number of carboxylic acid groups (broad SMARTS) is 1. The molecule has 2 aromatic heterocycles. The second kappa shape index (κ2) is 6.08. The number of aliphatic carboxylic acids is 1. The van der Waals surface area contributed by atoms with Crippen LogP contribution < -0.4 is 5.32 Å². The van der Waals surface area contributed by atoms with Gasteiger partial charge in [-0.25, -0.2) is 4.79 Å². The number of nitrogens with one attached hydrogen (secondary N) is 3. The highest BCUT2D eigenvalue weighted by Gasteiger charge is 2.28. The van der Waals surface area contributed by atoms with Gasteiger partial charge >= 0.3 is 5.97 Å². The Balaban J connectivity index is 2.01. The molecule has 7 nitrogen and oxygen atoms in total. The molecule has 3 aromatic rings. The van der Waals surface area contributed by atoms with Crippen LogP contribution in [0.5, 0.6) is 0 Å². The van der Waals surface area contributed by atoms with Gasteiger partial charge in [-0.1, -0.05) is 12.1 Å². The Morgan fingerprint density at radius 1 is 1.16 bits per heavy atom. The van der Waals surface area contributed by atoms with Crippen molar-refractivity contribution in [2.24, 2.45) is 0 Å². The topological polar surface area (TPSA) is 111 Å². The molecule has 130 valence electrons. The monoisotopic (exact) mass is 340 g/mol. The maximum atomic E-state index is 12.8. The summed E-state index contributed by atoms with van der Waals surface area (Å²) in [6.45, 7) is 7.36. The number of H-pyrrole nitrogens is 2. The Morgan fingerprint density at radius 3 is 2.48 bits per heavy atom. The number of fused-ring (bicyclic) bond motifs is 1. The largest absolute Gasteiger partial charge is 0.479 e. The number of carbonyl (C=O) groups excluding carboxylic acids is 1. The van der Waals surface area contributed by atoms with Crippen molar-refractivity contribution in [2.45, 2.75) is 33.7 Å².